The van der Waals surface area contributed by atoms with Crippen LogP contribution < -0.4 is 19.9 Å². The first kappa shape index (κ1) is 21.4. The lowest BCUT2D eigenvalue weighted by atomic mass is 10.3. The molecule has 0 atom stereocenters. The average molecular weight is 434 g/mol. The Morgan fingerprint density at radius 3 is 2.41 bits per heavy atom. The number of benzene rings is 2. The summed E-state index contributed by atoms with van der Waals surface area (Å²) in [5, 5.41) is 4.56. The molecule has 8 heteroatoms. The van der Waals surface area contributed by atoms with Gasteiger partial charge in [-0.2, -0.15) is 4.68 Å². The predicted molar refractivity (Wildman–Crippen MR) is 122 cm³/mol. The summed E-state index contributed by atoms with van der Waals surface area (Å²) < 4.78 is 12.2. The average Bonchev–Trinajstić information content (AvgIpc) is 3.10. The normalized spacial score (nSPS) is 14.0. The summed E-state index contributed by atoms with van der Waals surface area (Å²) in [4.78, 5) is 28.9. The smallest absolute Gasteiger partial charge is 0.271 e. The van der Waals surface area contributed by atoms with Crippen molar-refractivity contribution in [2.45, 2.75) is 6.42 Å². The van der Waals surface area contributed by atoms with E-state index in [2.05, 4.69) is 10.00 Å². The van der Waals surface area contributed by atoms with Crippen molar-refractivity contribution in [2.75, 3.05) is 44.8 Å². The van der Waals surface area contributed by atoms with E-state index in [0.29, 0.717) is 25.4 Å². The lowest BCUT2D eigenvalue weighted by molar-refractivity contribution is -0.133. The molecule has 3 aromatic rings. The number of anilines is 1. The van der Waals surface area contributed by atoms with Crippen molar-refractivity contribution in [3.05, 3.63) is 77.1 Å². The third kappa shape index (κ3) is 5.08. The number of rotatable bonds is 6. The summed E-state index contributed by atoms with van der Waals surface area (Å²) in [6.07, 6.45) is 0.806. The molecule has 166 valence electrons. The minimum atomic E-state index is -0.178. The Hall–Kier alpha value is -3.81. The van der Waals surface area contributed by atoms with E-state index in [-0.39, 0.29) is 18.1 Å². The molecule has 0 radical (unpaired) electrons. The molecular weight excluding hydrogens is 408 g/mol. The third-order valence-corrected chi connectivity index (χ3v) is 5.38. The van der Waals surface area contributed by atoms with Crippen molar-refractivity contribution in [3.8, 4) is 17.2 Å². The Bertz CT molecular complexity index is 1100. The molecule has 1 aliphatic rings. The molecule has 2 aromatic carbocycles. The molecule has 1 saturated heterocycles. The summed E-state index contributed by atoms with van der Waals surface area (Å²) in [6.45, 7) is 2.59. The van der Waals surface area contributed by atoms with Crippen LogP contribution in [0.25, 0.3) is 5.69 Å². The summed E-state index contributed by atoms with van der Waals surface area (Å²) in [7, 11) is 1.60. The first-order chi connectivity index (χ1) is 15.6. The number of carbonyl (C=O) groups is 1. The molecule has 0 bridgehead atoms. The van der Waals surface area contributed by atoms with E-state index >= 15 is 0 Å². The number of hydrogen-bond acceptors (Lipinski definition) is 6. The molecule has 1 fully saturated rings. The third-order valence-electron chi connectivity index (χ3n) is 5.38. The lowest BCUT2D eigenvalue weighted by Gasteiger charge is -2.23. The zero-order chi connectivity index (χ0) is 22.3. The predicted octanol–water partition coefficient (Wildman–Crippen LogP) is 2.36. The summed E-state index contributed by atoms with van der Waals surface area (Å²) in [5.74, 6) is 2.04. The number of methoxy groups -OCH3 is 1. The van der Waals surface area contributed by atoms with Gasteiger partial charge in [0.15, 0.2) is 6.61 Å². The second kappa shape index (κ2) is 10.00. The van der Waals surface area contributed by atoms with Gasteiger partial charge < -0.3 is 19.3 Å². The molecule has 1 aromatic heterocycles. The highest BCUT2D eigenvalue weighted by Crippen LogP contribution is 2.18. The Morgan fingerprint density at radius 1 is 0.906 bits per heavy atom. The number of ether oxygens (including phenoxy) is 2. The number of para-hydroxylation sites is 1. The maximum atomic E-state index is 12.7. The molecule has 0 unspecified atom stereocenters. The van der Waals surface area contributed by atoms with Gasteiger partial charge in [-0.15, -0.1) is 5.10 Å². The topological polar surface area (TPSA) is 76.9 Å². The number of hydrogen-bond donors (Lipinski definition) is 0. The number of amides is 1. The van der Waals surface area contributed by atoms with Gasteiger partial charge in [-0.25, -0.2) is 0 Å². The summed E-state index contributed by atoms with van der Waals surface area (Å²) in [6, 6.07) is 19.8. The van der Waals surface area contributed by atoms with Crippen LogP contribution in [0, 0.1) is 0 Å². The van der Waals surface area contributed by atoms with Crippen molar-refractivity contribution >= 4 is 11.7 Å². The molecule has 0 spiro atoms. The standard InChI is InChI=1S/C24H26N4O4/c1-31-20-8-10-21(11-9-20)32-18-24(30)27-15-5-14-26(16-17-27)22-12-13-23(29)28(25-22)19-6-3-2-4-7-19/h2-4,6-13H,5,14-18H2,1H3. The molecule has 4 rings (SSSR count). The molecule has 0 aliphatic carbocycles. The molecule has 0 saturated carbocycles. The number of nitrogens with zero attached hydrogens (tertiary/aromatic N) is 4. The molecule has 1 amide bonds. The van der Waals surface area contributed by atoms with Crippen molar-refractivity contribution in [3.63, 3.8) is 0 Å². The molecular formula is C24H26N4O4. The maximum Gasteiger partial charge on any atom is 0.271 e. The monoisotopic (exact) mass is 434 g/mol. The second-order valence-electron chi connectivity index (χ2n) is 7.46. The van der Waals surface area contributed by atoms with Crippen LogP contribution >= 0.6 is 0 Å². The lowest BCUT2D eigenvalue weighted by Crippen LogP contribution is -2.38. The Balaban J connectivity index is 1.37. The summed E-state index contributed by atoms with van der Waals surface area (Å²) >= 11 is 0. The quantitative estimate of drug-likeness (QED) is 0.593. The fourth-order valence-corrected chi connectivity index (χ4v) is 3.63. The van der Waals surface area contributed by atoms with Crippen LogP contribution in [0.3, 0.4) is 0 Å². The van der Waals surface area contributed by atoms with E-state index in [0.717, 1.165) is 30.2 Å². The van der Waals surface area contributed by atoms with Crippen molar-refractivity contribution in [1.82, 2.24) is 14.7 Å². The highest BCUT2D eigenvalue weighted by Gasteiger charge is 2.21. The van der Waals surface area contributed by atoms with Gasteiger partial charge in [-0.3, -0.25) is 9.59 Å². The number of carbonyl (C=O) groups excluding carboxylic acids is 1. The Labute approximate surface area is 186 Å². The van der Waals surface area contributed by atoms with Crippen LogP contribution in [0.15, 0.2) is 71.5 Å². The van der Waals surface area contributed by atoms with Gasteiger partial charge in [0.25, 0.3) is 11.5 Å². The van der Waals surface area contributed by atoms with E-state index in [1.165, 1.54) is 10.7 Å². The van der Waals surface area contributed by atoms with Crippen LogP contribution in [0.5, 0.6) is 11.5 Å². The van der Waals surface area contributed by atoms with E-state index < -0.39 is 0 Å². The zero-order valence-corrected chi connectivity index (χ0v) is 18.0. The van der Waals surface area contributed by atoms with E-state index in [4.69, 9.17) is 9.47 Å². The number of aromatic nitrogens is 2. The first-order valence-corrected chi connectivity index (χ1v) is 10.6. The van der Waals surface area contributed by atoms with Crippen molar-refractivity contribution in [2.24, 2.45) is 0 Å². The molecule has 32 heavy (non-hydrogen) atoms. The molecule has 8 nitrogen and oxygen atoms in total. The van der Waals surface area contributed by atoms with Gasteiger partial charge in [0, 0.05) is 32.2 Å². The fraction of sp³-hybridized carbons (Fsp3) is 0.292. The SMILES string of the molecule is COc1ccc(OCC(=O)N2CCCN(c3ccc(=O)n(-c4ccccc4)n3)CC2)cc1. The molecule has 0 N–H and O–H groups in total. The van der Waals surface area contributed by atoms with E-state index in [9.17, 15) is 9.59 Å². The van der Waals surface area contributed by atoms with Gasteiger partial charge in [-0.05, 0) is 48.9 Å². The van der Waals surface area contributed by atoms with Gasteiger partial charge in [0.1, 0.15) is 17.3 Å². The Morgan fingerprint density at radius 2 is 1.66 bits per heavy atom. The maximum absolute atomic E-state index is 12.7. The van der Waals surface area contributed by atoms with Gasteiger partial charge in [0.2, 0.25) is 0 Å². The largest absolute Gasteiger partial charge is 0.497 e. The summed E-state index contributed by atoms with van der Waals surface area (Å²) in [5.41, 5.74) is 0.545. The van der Waals surface area contributed by atoms with Crippen LogP contribution in [0.4, 0.5) is 5.82 Å². The van der Waals surface area contributed by atoms with Gasteiger partial charge in [0.05, 0.1) is 12.8 Å². The Kier molecular flexibility index (Phi) is 6.69. The fourth-order valence-electron chi connectivity index (χ4n) is 3.63. The van der Waals surface area contributed by atoms with E-state index in [1.807, 2.05) is 35.2 Å². The van der Waals surface area contributed by atoms with Crippen LogP contribution in [0.2, 0.25) is 0 Å². The second-order valence-corrected chi connectivity index (χ2v) is 7.46. The van der Waals surface area contributed by atoms with Crippen LogP contribution in [0.1, 0.15) is 6.42 Å². The molecule has 2 heterocycles. The van der Waals surface area contributed by atoms with Crippen molar-refractivity contribution < 1.29 is 14.3 Å². The van der Waals surface area contributed by atoms with Crippen LogP contribution in [-0.2, 0) is 4.79 Å². The first-order valence-electron chi connectivity index (χ1n) is 10.6. The zero-order valence-electron chi connectivity index (χ0n) is 18.0. The van der Waals surface area contributed by atoms with E-state index in [1.54, 1.807) is 37.4 Å². The van der Waals surface area contributed by atoms with Gasteiger partial charge in [-0.1, -0.05) is 18.2 Å². The van der Waals surface area contributed by atoms with Crippen LogP contribution in [-0.4, -0.2) is 60.5 Å². The van der Waals surface area contributed by atoms with Gasteiger partial charge >= 0.3 is 0 Å². The minimum Gasteiger partial charge on any atom is -0.497 e. The highest BCUT2D eigenvalue weighted by atomic mass is 16.5. The van der Waals surface area contributed by atoms with Crippen molar-refractivity contribution in [1.29, 1.82) is 0 Å². The molecule has 1 aliphatic heterocycles. The highest BCUT2D eigenvalue weighted by molar-refractivity contribution is 5.78. The minimum absolute atomic E-state index is 0.0105.